The van der Waals surface area contributed by atoms with Crippen LogP contribution in [0, 0.1) is 0 Å². The van der Waals surface area contributed by atoms with Gasteiger partial charge in [-0.25, -0.2) is 9.97 Å². The summed E-state index contributed by atoms with van der Waals surface area (Å²) in [5, 5.41) is 18.2. The third kappa shape index (κ3) is 6.13. The summed E-state index contributed by atoms with van der Waals surface area (Å²) in [5.74, 6) is 2.10. The van der Waals surface area contributed by atoms with E-state index in [1.807, 2.05) is 67.0 Å². The van der Waals surface area contributed by atoms with Crippen LogP contribution in [0.5, 0.6) is 0 Å². The Morgan fingerprint density at radius 3 is 2.27 bits per heavy atom. The zero-order chi connectivity index (χ0) is 29.7. The maximum atomic E-state index is 5.06. The van der Waals surface area contributed by atoms with Gasteiger partial charge in [-0.2, -0.15) is 4.80 Å². The van der Waals surface area contributed by atoms with Gasteiger partial charge in [0.05, 0.1) is 23.8 Å². The molecule has 0 bridgehead atoms. The van der Waals surface area contributed by atoms with Gasteiger partial charge in [0.1, 0.15) is 17.3 Å². The van der Waals surface area contributed by atoms with Crippen LogP contribution >= 0.6 is 0 Å². The van der Waals surface area contributed by atoms with Crippen LogP contribution in [0.25, 0.3) is 33.3 Å². The smallest absolute Gasteiger partial charge is 0.204 e. The quantitative estimate of drug-likeness (QED) is 0.222. The fourth-order valence-electron chi connectivity index (χ4n) is 5.35. The first-order valence-electron chi connectivity index (χ1n) is 14.5. The van der Waals surface area contributed by atoms with Crippen LogP contribution in [0.2, 0.25) is 0 Å². The van der Waals surface area contributed by atoms with Gasteiger partial charge < -0.3 is 10.3 Å². The molecule has 0 unspecified atom stereocenters. The lowest BCUT2D eigenvalue weighted by atomic mass is 10.1. The molecule has 0 spiro atoms. The van der Waals surface area contributed by atoms with Gasteiger partial charge in [-0.05, 0) is 53.2 Å². The van der Waals surface area contributed by atoms with E-state index >= 15 is 0 Å². The number of benzene rings is 2. The molecular weight excluding hydrogens is 550 g/mol. The SMILES string of the molecule is Cn1nnc(-c2ccc3[nH]c4nc(Cc5ccccc5)nc(NCCN(Cc5ccccn5)Cc5ccccn5)c4c3c2)n1. The van der Waals surface area contributed by atoms with Gasteiger partial charge in [-0.3, -0.25) is 14.9 Å². The van der Waals surface area contributed by atoms with E-state index in [2.05, 4.69) is 70.9 Å². The number of aryl methyl sites for hydroxylation is 1. The number of aromatic amines is 1. The fourth-order valence-corrected chi connectivity index (χ4v) is 5.35. The highest BCUT2D eigenvalue weighted by molar-refractivity contribution is 6.12. The minimum atomic E-state index is 0.569. The standard InChI is InChI=1S/C33H31N11/c1-43-41-31(40-42-43)24-13-14-28-27(20-24)30-32(38-29(39-33(30)37-28)19-23-9-3-2-4-10-23)36-17-18-44(21-25-11-5-7-15-34-25)22-26-12-6-8-16-35-26/h2-16,20H,17-19,21-22H2,1H3,(H2,36,37,38,39). The zero-order valence-electron chi connectivity index (χ0n) is 24.3. The first kappa shape index (κ1) is 27.3. The molecule has 5 heterocycles. The van der Waals surface area contributed by atoms with Crippen molar-refractivity contribution in [2.45, 2.75) is 19.5 Å². The van der Waals surface area contributed by atoms with Crippen LogP contribution in [0.1, 0.15) is 22.8 Å². The van der Waals surface area contributed by atoms with E-state index < -0.39 is 0 Å². The van der Waals surface area contributed by atoms with Crippen LogP contribution in [0.3, 0.4) is 0 Å². The molecule has 11 heteroatoms. The third-order valence-electron chi connectivity index (χ3n) is 7.41. The molecule has 44 heavy (non-hydrogen) atoms. The Morgan fingerprint density at radius 1 is 0.841 bits per heavy atom. The van der Waals surface area contributed by atoms with E-state index in [0.29, 0.717) is 31.9 Å². The van der Waals surface area contributed by atoms with Crippen molar-refractivity contribution in [3.8, 4) is 11.4 Å². The number of H-pyrrole nitrogens is 1. The Hall–Kier alpha value is -5.55. The van der Waals surface area contributed by atoms with E-state index in [1.54, 1.807) is 7.05 Å². The molecular formula is C33H31N11. The summed E-state index contributed by atoms with van der Waals surface area (Å²) < 4.78 is 0. The highest BCUT2D eigenvalue weighted by Crippen LogP contribution is 2.32. The Kier molecular flexibility index (Phi) is 7.67. The highest BCUT2D eigenvalue weighted by Gasteiger charge is 2.17. The molecule has 0 aliphatic rings. The zero-order valence-corrected chi connectivity index (χ0v) is 24.3. The first-order chi connectivity index (χ1) is 21.7. The van der Waals surface area contributed by atoms with Crippen LogP contribution in [-0.2, 0) is 26.6 Å². The summed E-state index contributed by atoms with van der Waals surface area (Å²) in [5.41, 5.74) is 5.81. The molecule has 0 atom stereocenters. The summed E-state index contributed by atoms with van der Waals surface area (Å²) in [6.07, 6.45) is 4.29. The molecule has 0 saturated carbocycles. The average molecular weight is 582 g/mol. The van der Waals surface area contributed by atoms with Crippen molar-refractivity contribution in [1.82, 2.24) is 50.0 Å². The number of tetrazole rings is 1. The van der Waals surface area contributed by atoms with E-state index in [1.165, 1.54) is 4.80 Å². The molecule has 5 aromatic heterocycles. The van der Waals surface area contributed by atoms with Gasteiger partial charge in [0.25, 0.3) is 0 Å². The molecule has 0 aliphatic heterocycles. The molecule has 0 aliphatic carbocycles. The van der Waals surface area contributed by atoms with Crippen molar-refractivity contribution in [3.63, 3.8) is 0 Å². The van der Waals surface area contributed by atoms with Crippen molar-refractivity contribution in [1.29, 1.82) is 0 Å². The summed E-state index contributed by atoms with van der Waals surface area (Å²) in [6, 6.07) is 28.4. The third-order valence-corrected chi connectivity index (χ3v) is 7.41. The van der Waals surface area contributed by atoms with Crippen molar-refractivity contribution in [2.75, 3.05) is 18.4 Å². The minimum absolute atomic E-state index is 0.569. The number of hydrogen-bond donors (Lipinski definition) is 2. The number of hydrogen-bond acceptors (Lipinski definition) is 9. The lowest BCUT2D eigenvalue weighted by Gasteiger charge is -2.22. The van der Waals surface area contributed by atoms with Gasteiger partial charge >= 0.3 is 0 Å². The maximum absolute atomic E-state index is 5.06. The van der Waals surface area contributed by atoms with Gasteiger partial charge in [0.15, 0.2) is 0 Å². The normalized spacial score (nSPS) is 11.5. The van der Waals surface area contributed by atoms with E-state index in [-0.39, 0.29) is 0 Å². The van der Waals surface area contributed by atoms with Gasteiger partial charge in [-0.1, -0.05) is 42.5 Å². The predicted octanol–water partition coefficient (Wildman–Crippen LogP) is 4.80. The van der Waals surface area contributed by atoms with Gasteiger partial charge in [-0.15, -0.1) is 10.2 Å². The van der Waals surface area contributed by atoms with Crippen LogP contribution in [-0.4, -0.2) is 63.1 Å². The first-order valence-corrected chi connectivity index (χ1v) is 14.5. The van der Waals surface area contributed by atoms with Gasteiger partial charge in [0, 0.05) is 61.5 Å². The fraction of sp³-hybridized carbons (Fsp3) is 0.182. The van der Waals surface area contributed by atoms with Crippen LogP contribution in [0.15, 0.2) is 97.3 Å². The number of rotatable bonds is 11. The van der Waals surface area contributed by atoms with Gasteiger partial charge in [0.2, 0.25) is 5.82 Å². The van der Waals surface area contributed by atoms with E-state index in [0.717, 1.165) is 62.6 Å². The monoisotopic (exact) mass is 581 g/mol. The van der Waals surface area contributed by atoms with Crippen molar-refractivity contribution in [3.05, 3.63) is 120 Å². The average Bonchev–Trinajstić information content (AvgIpc) is 3.65. The van der Waals surface area contributed by atoms with Crippen molar-refractivity contribution in [2.24, 2.45) is 7.05 Å². The number of fused-ring (bicyclic) bond motifs is 3. The maximum Gasteiger partial charge on any atom is 0.204 e. The summed E-state index contributed by atoms with van der Waals surface area (Å²) in [6.45, 7) is 2.83. The Labute approximate surface area is 254 Å². The Bertz CT molecular complexity index is 1950. The molecule has 0 saturated heterocycles. The number of nitrogens with one attached hydrogen (secondary N) is 2. The molecule has 2 aromatic carbocycles. The largest absolute Gasteiger partial charge is 0.368 e. The molecule has 11 nitrogen and oxygen atoms in total. The van der Waals surface area contributed by atoms with E-state index in [4.69, 9.17) is 9.97 Å². The molecule has 218 valence electrons. The lowest BCUT2D eigenvalue weighted by molar-refractivity contribution is 0.261. The molecule has 7 rings (SSSR count). The second kappa shape index (κ2) is 12.4. The second-order valence-electron chi connectivity index (χ2n) is 10.6. The Morgan fingerprint density at radius 2 is 1.59 bits per heavy atom. The number of pyridine rings is 2. The summed E-state index contributed by atoms with van der Waals surface area (Å²) in [7, 11) is 1.76. The van der Waals surface area contributed by atoms with Crippen molar-refractivity contribution >= 4 is 27.8 Å². The summed E-state index contributed by atoms with van der Waals surface area (Å²) >= 11 is 0. The molecule has 0 fully saturated rings. The van der Waals surface area contributed by atoms with Crippen molar-refractivity contribution < 1.29 is 0 Å². The molecule has 0 amide bonds. The molecule has 2 N–H and O–H groups in total. The number of aromatic nitrogens is 9. The lowest BCUT2D eigenvalue weighted by Crippen LogP contribution is -2.29. The minimum Gasteiger partial charge on any atom is -0.368 e. The van der Waals surface area contributed by atoms with Crippen LogP contribution in [0.4, 0.5) is 5.82 Å². The number of nitrogens with zero attached hydrogens (tertiary/aromatic N) is 9. The highest BCUT2D eigenvalue weighted by atomic mass is 15.6. The molecule has 7 aromatic rings. The number of anilines is 1. The van der Waals surface area contributed by atoms with E-state index in [9.17, 15) is 0 Å². The topological polar surface area (TPSA) is 126 Å². The predicted molar refractivity (Wildman–Crippen MR) is 170 cm³/mol. The van der Waals surface area contributed by atoms with Crippen LogP contribution < -0.4 is 5.32 Å². The second-order valence-corrected chi connectivity index (χ2v) is 10.6. The molecule has 0 radical (unpaired) electrons. The Balaban J connectivity index is 1.21. The summed E-state index contributed by atoms with van der Waals surface area (Å²) in [4.78, 5) is 26.4.